The second-order valence-electron chi connectivity index (χ2n) is 8.71. The van der Waals surface area contributed by atoms with Crippen molar-refractivity contribution in [2.45, 2.75) is 26.3 Å². The number of rotatable bonds is 6. The van der Waals surface area contributed by atoms with E-state index in [1.807, 2.05) is 21.9 Å². The molecular formula is C25H31N3O6. The van der Waals surface area contributed by atoms with Crippen LogP contribution in [-0.4, -0.2) is 68.4 Å². The first-order valence-corrected chi connectivity index (χ1v) is 11.4. The molecule has 1 atom stereocenters. The van der Waals surface area contributed by atoms with E-state index >= 15 is 0 Å². The molecule has 182 valence electrons. The van der Waals surface area contributed by atoms with Crippen LogP contribution in [0.2, 0.25) is 0 Å². The van der Waals surface area contributed by atoms with E-state index in [2.05, 4.69) is 19.2 Å². The van der Waals surface area contributed by atoms with Crippen molar-refractivity contribution in [3.8, 4) is 23.0 Å². The highest BCUT2D eigenvalue weighted by atomic mass is 16.7. The van der Waals surface area contributed by atoms with E-state index in [0.29, 0.717) is 48.3 Å². The van der Waals surface area contributed by atoms with Crippen LogP contribution < -0.4 is 24.3 Å². The van der Waals surface area contributed by atoms with Gasteiger partial charge in [-0.15, -0.1) is 0 Å². The van der Waals surface area contributed by atoms with Crippen molar-refractivity contribution in [3.05, 3.63) is 42.0 Å². The summed E-state index contributed by atoms with van der Waals surface area (Å²) >= 11 is 0. The first kappa shape index (κ1) is 23.5. The number of carbonyl (C=O) groups excluding carboxylic acids is 2. The molecular weight excluding hydrogens is 438 g/mol. The highest BCUT2D eigenvalue weighted by molar-refractivity contribution is 5.90. The Morgan fingerprint density at radius 2 is 1.79 bits per heavy atom. The number of benzene rings is 2. The Hall–Kier alpha value is -3.62. The highest BCUT2D eigenvalue weighted by Crippen LogP contribution is 2.34. The van der Waals surface area contributed by atoms with Crippen LogP contribution in [0.1, 0.15) is 19.4 Å². The molecule has 2 heterocycles. The molecule has 1 N–H and O–H groups in total. The number of ether oxygens (including phenoxy) is 4. The summed E-state index contributed by atoms with van der Waals surface area (Å²) in [6.07, 6.45) is 0.258. The highest BCUT2D eigenvalue weighted by Gasteiger charge is 2.34. The fourth-order valence-electron chi connectivity index (χ4n) is 4.31. The van der Waals surface area contributed by atoms with Crippen LogP contribution in [0.25, 0.3) is 0 Å². The maximum Gasteiger partial charge on any atom is 0.322 e. The molecule has 0 aromatic heterocycles. The van der Waals surface area contributed by atoms with Gasteiger partial charge in [-0.1, -0.05) is 19.9 Å². The molecule has 0 spiro atoms. The van der Waals surface area contributed by atoms with Gasteiger partial charge < -0.3 is 34.1 Å². The summed E-state index contributed by atoms with van der Waals surface area (Å²) in [4.78, 5) is 29.8. The fourth-order valence-corrected chi connectivity index (χ4v) is 4.31. The van der Waals surface area contributed by atoms with Gasteiger partial charge in [-0.3, -0.25) is 4.79 Å². The van der Waals surface area contributed by atoms with Gasteiger partial charge >= 0.3 is 6.03 Å². The zero-order valence-corrected chi connectivity index (χ0v) is 20.0. The summed E-state index contributed by atoms with van der Waals surface area (Å²) in [5.41, 5.74) is 1.50. The Labute approximate surface area is 199 Å². The van der Waals surface area contributed by atoms with E-state index in [4.69, 9.17) is 18.9 Å². The van der Waals surface area contributed by atoms with Gasteiger partial charge in [0.15, 0.2) is 23.0 Å². The average Bonchev–Trinajstić information content (AvgIpc) is 3.31. The molecule has 0 bridgehead atoms. The second-order valence-corrected chi connectivity index (χ2v) is 8.71. The third-order valence-corrected chi connectivity index (χ3v) is 6.23. The van der Waals surface area contributed by atoms with Gasteiger partial charge in [-0.05, 0) is 35.7 Å². The number of nitrogens with zero attached hydrogens (tertiary/aromatic N) is 2. The molecule has 4 rings (SSSR count). The van der Waals surface area contributed by atoms with Crippen molar-refractivity contribution < 1.29 is 28.5 Å². The van der Waals surface area contributed by atoms with E-state index in [-0.39, 0.29) is 37.1 Å². The lowest BCUT2D eigenvalue weighted by atomic mass is 9.99. The summed E-state index contributed by atoms with van der Waals surface area (Å²) in [5.74, 6) is 2.70. The van der Waals surface area contributed by atoms with E-state index in [1.54, 1.807) is 38.5 Å². The van der Waals surface area contributed by atoms with Gasteiger partial charge in [-0.2, -0.15) is 0 Å². The SMILES string of the molecule is COc1ccc(CC(=O)N2CCN(C(=O)Nc3ccc4c(c3)OCO4)C(C(C)C)C2)cc1OC. The third-order valence-electron chi connectivity index (χ3n) is 6.23. The number of carbonyl (C=O) groups is 2. The normalized spacial score (nSPS) is 17.0. The predicted octanol–water partition coefficient (Wildman–Crippen LogP) is 3.38. The van der Waals surface area contributed by atoms with E-state index in [0.717, 1.165) is 5.56 Å². The van der Waals surface area contributed by atoms with Crippen molar-refractivity contribution >= 4 is 17.6 Å². The molecule has 9 heteroatoms. The van der Waals surface area contributed by atoms with E-state index < -0.39 is 0 Å². The molecule has 2 aliphatic heterocycles. The van der Waals surface area contributed by atoms with Crippen LogP contribution >= 0.6 is 0 Å². The number of methoxy groups -OCH3 is 2. The quantitative estimate of drug-likeness (QED) is 0.698. The summed E-state index contributed by atoms with van der Waals surface area (Å²) in [6, 6.07) is 10.5. The lowest BCUT2D eigenvalue weighted by molar-refractivity contribution is -0.133. The minimum Gasteiger partial charge on any atom is -0.493 e. The van der Waals surface area contributed by atoms with Gasteiger partial charge in [0.2, 0.25) is 12.7 Å². The van der Waals surface area contributed by atoms with Crippen LogP contribution in [-0.2, 0) is 11.2 Å². The minimum absolute atomic E-state index is 0.0219. The fraction of sp³-hybridized carbons (Fsp3) is 0.440. The summed E-state index contributed by atoms with van der Waals surface area (Å²) < 4.78 is 21.3. The number of anilines is 1. The monoisotopic (exact) mass is 469 g/mol. The maximum absolute atomic E-state index is 13.1. The topological polar surface area (TPSA) is 89.6 Å². The zero-order chi connectivity index (χ0) is 24.2. The molecule has 2 aliphatic rings. The molecule has 2 aromatic carbocycles. The number of fused-ring (bicyclic) bond motifs is 1. The molecule has 0 aliphatic carbocycles. The molecule has 1 saturated heterocycles. The van der Waals surface area contributed by atoms with Crippen LogP contribution in [0, 0.1) is 5.92 Å². The number of hydrogen-bond donors (Lipinski definition) is 1. The van der Waals surface area contributed by atoms with Gasteiger partial charge in [0.05, 0.1) is 26.7 Å². The molecule has 0 radical (unpaired) electrons. The van der Waals surface area contributed by atoms with Crippen molar-refractivity contribution in [1.82, 2.24) is 9.80 Å². The van der Waals surface area contributed by atoms with Crippen molar-refractivity contribution in [1.29, 1.82) is 0 Å². The maximum atomic E-state index is 13.1. The average molecular weight is 470 g/mol. The molecule has 1 unspecified atom stereocenters. The molecule has 9 nitrogen and oxygen atoms in total. The molecule has 3 amide bonds. The minimum atomic E-state index is -0.190. The smallest absolute Gasteiger partial charge is 0.322 e. The van der Waals surface area contributed by atoms with Gasteiger partial charge in [0.25, 0.3) is 0 Å². The largest absolute Gasteiger partial charge is 0.493 e. The molecule has 1 fully saturated rings. The second kappa shape index (κ2) is 10.1. The number of hydrogen-bond acceptors (Lipinski definition) is 6. The van der Waals surface area contributed by atoms with Gasteiger partial charge in [-0.25, -0.2) is 4.79 Å². The lowest BCUT2D eigenvalue weighted by Crippen LogP contribution is -2.59. The Morgan fingerprint density at radius 3 is 2.53 bits per heavy atom. The van der Waals surface area contributed by atoms with E-state index in [1.165, 1.54) is 0 Å². The summed E-state index contributed by atoms with van der Waals surface area (Å²) in [5, 5.41) is 2.96. The first-order chi connectivity index (χ1) is 16.4. The standard InChI is InChI=1S/C25H31N3O6/c1-16(2)19-14-27(24(29)12-17-5-7-20(31-3)22(11-17)32-4)9-10-28(19)25(30)26-18-6-8-21-23(13-18)34-15-33-21/h5-8,11,13,16,19H,9-10,12,14-15H2,1-4H3,(H,26,30). The Balaban J connectivity index is 1.40. The number of nitrogens with one attached hydrogen (secondary N) is 1. The number of piperazine rings is 1. The van der Waals surface area contributed by atoms with Crippen molar-refractivity contribution in [2.24, 2.45) is 5.92 Å². The zero-order valence-electron chi connectivity index (χ0n) is 20.0. The number of urea groups is 1. The number of amides is 3. The Kier molecular flexibility index (Phi) is 7.00. The van der Waals surface area contributed by atoms with Crippen LogP contribution in [0.3, 0.4) is 0 Å². The van der Waals surface area contributed by atoms with Crippen LogP contribution in [0.4, 0.5) is 10.5 Å². The van der Waals surface area contributed by atoms with Gasteiger partial charge in [0, 0.05) is 31.4 Å². The van der Waals surface area contributed by atoms with Crippen LogP contribution in [0.5, 0.6) is 23.0 Å². The molecule has 2 aromatic rings. The first-order valence-electron chi connectivity index (χ1n) is 11.4. The molecule has 34 heavy (non-hydrogen) atoms. The summed E-state index contributed by atoms with van der Waals surface area (Å²) in [6.45, 7) is 5.72. The molecule has 0 saturated carbocycles. The van der Waals surface area contributed by atoms with Gasteiger partial charge in [0.1, 0.15) is 0 Å². The Morgan fingerprint density at radius 1 is 1.03 bits per heavy atom. The Bertz CT molecular complexity index is 1060. The van der Waals surface area contributed by atoms with Crippen molar-refractivity contribution in [3.63, 3.8) is 0 Å². The predicted molar refractivity (Wildman–Crippen MR) is 127 cm³/mol. The van der Waals surface area contributed by atoms with Crippen molar-refractivity contribution in [2.75, 3.05) is 46.0 Å². The lowest BCUT2D eigenvalue weighted by Gasteiger charge is -2.43. The van der Waals surface area contributed by atoms with Crippen LogP contribution in [0.15, 0.2) is 36.4 Å². The van der Waals surface area contributed by atoms with E-state index in [9.17, 15) is 9.59 Å². The third kappa shape index (κ3) is 4.98. The summed E-state index contributed by atoms with van der Waals surface area (Å²) in [7, 11) is 3.15.